The van der Waals surface area contributed by atoms with Crippen molar-refractivity contribution in [2.45, 2.75) is 12.6 Å². The largest absolute Gasteiger partial charge is 0.416 e. The molecule has 0 unspecified atom stereocenters. The minimum atomic E-state index is -4.35. The first-order valence-corrected chi connectivity index (χ1v) is 7.86. The number of halogens is 3. The third-order valence-corrected chi connectivity index (χ3v) is 3.77. The number of hydrogen-bond acceptors (Lipinski definition) is 4. The zero-order valence-corrected chi connectivity index (χ0v) is 13.3. The Bertz CT molecular complexity index is 860. The van der Waals surface area contributed by atoms with E-state index >= 15 is 0 Å². The van der Waals surface area contributed by atoms with Crippen LogP contribution in [0.1, 0.15) is 12.0 Å². The van der Waals surface area contributed by atoms with Crippen LogP contribution in [0.3, 0.4) is 0 Å². The van der Waals surface area contributed by atoms with Crippen LogP contribution in [-0.4, -0.2) is 23.1 Å². The van der Waals surface area contributed by atoms with Crippen molar-refractivity contribution in [3.05, 3.63) is 54.2 Å². The number of fused-ring (bicyclic) bond motifs is 1. The number of nitrogens with two attached hydrogens (primary N) is 1. The van der Waals surface area contributed by atoms with E-state index in [1.807, 2.05) is 12.1 Å². The van der Waals surface area contributed by atoms with Crippen molar-refractivity contribution in [3.8, 4) is 11.3 Å². The number of benzene rings is 1. The second-order valence-electron chi connectivity index (χ2n) is 5.60. The number of pyridine rings is 2. The lowest BCUT2D eigenvalue weighted by atomic mass is 10.1. The Labute approximate surface area is 142 Å². The fourth-order valence-corrected chi connectivity index (χ4v) is 2.42. The molecular weight excluding hydrogens is 329 g/mol. The van der Waals surface area contributed by atoms with E-state index in [4.69, 9.17) is 5.73 Å². The highest BCUT2D eigenvalue weighted by Crippen LogP contribution is 2.31. The molecule has 0 radical (unpaired) electrons. The second kappa shape index (κ2) is 7.06. The van der Waals surface area contributed by atoms with Gasteiger partial charge in [0.05, 0.1) is 16.8 Å². The van der Waals surface area contributed by atoms with Gasteiger partial charge < -0.3 is 11.1 Å². The molecule has 0 saturated carbocycles. The number of anilines is 1. The Morgan fingerprint density at radius 1 is 1.04 bits per heavy atom. The van der Waals surface area contributed by atoms with Crippen molar-refractivity contribution < 1.29 is 13.2 Å². The topological polar surface area (TPSA) is 63.8 Å². The van der Waals surface area contributed by atoms with Crippen molar-refractivity contribution in [2.24, 2.45) is 5.73 Å². The molecule has 25 heavy (non-hydrogen) atoms. The lowest BCUT2D eigenvalue weighted by Gasteiger charge is -2.09. The van der Waals surface area contributed by atoms with Gasteiger partial charge in [-0.05, 0) is 43.3 Å². The van der Waals surface area contributed by atoms with Gasteiger partial charge in [0.25, 0.3) is 0 Å². The van der Waals surface area contributed by atoms with Gasteiger partial charge in [-0.3, -0.25) is 4.98 Å². The van der Waals surface area contributed by atoms with Crippen molar-refractivity contribution in [2.75, 3.05) is 18.4 Å². The first-order valence-electron chi connectivity index (χ1n) is 7.86. The molecule has 2 aromatic heterocycles. The Morgan fingerprint density at radius 2 is 1.80 bits per heavy atom. The van der Waals surface area contributed by atoms with Gasteiger partial charge in [0.1, 0.15) is 5.82 Å². The standard InChI is InChI=1S/C18H17F3N4/c19-18(20,21)14-5-2-12(3-6-14)15-10-16-13(11-24-15)4-7-17(25-16)23-9-1-8-22/h2-7,10-11H,1,8-9,22H2,(H,23,25). The molecule has 0 atom stereocenters. The van der Waals surface area contributed by atoms with Crippen LogP contribution in [0.4, 0.5) is 19.0 Å². The summed E-state index contributed by atoms with van der Waals surface area (Å²) in [5.41, 5.74) is 6.70. The number of nitrogens with one attached hydrogen (secondary N) is 1. The molecule has 7 heteroatoms. The average Bonchev–Trinajstić information content (AvgIpc) is 2.61. The van der Waals surface area contributed by atoms with Crippen LogP contribution in [0, 0.1) is 0 Å². The van der Waals surface area contributed by atoms with Gasteiger partial charge in [0.2, 0.25) is 0 Å². The highest BCUT2D eigenvalue weighted by Gasteiger charge is 2.30. The third-order valence-electron chi connectivity index (χ3n) is 3.77. The summed E-state index contributed by atoms with van der Waals surface area (Å²) in [5, 5.41) is 4.05. The fraction of sp³-hybridized carbons (Fsp3) is 0.222. The fourth-order valence-electron chi connectivity index (χ4n) is 2.42. The average molecular weight is 346 g/mol. The molecule has 0 aliphatic rings. The van der Waals surface area contributed by atoms with Crippen LogP contribution in [-0.2, 0) is 6.18 Å². The normalized spacial score (nSPS) is 11.7. The molecule has 3 N–H and O–H groups in total. The summed E-state index contributed by atoms with van der Waals surface area (Å²) < 4.78 is 38.0. The molecule has 0 spiro atoms. The molecule has 0 bridgehead atoms. The molecule has 0 saturated heterocycles. The van der Waals surface area contributed by atoms with Crippen LogP contribution >= 0.6 is 0 Å². The quantitative estimate of drug-likeness (QED) is 0.684. The van der Waals surface area contributed by atoms with E-state index in [1.165, 1.54) is 12.1 Å². The Kier molecular flexibility index (Phi) is 4.85. The number of alkyl halides is 3. The van der Waals surface area contributed by atoms with Gasteiger partial charge in [0, 0.05) is 23.7 Å². The first kappa shape index (κ1) is 17.2. The predicted molar refractivity (Wildman–Crippen MR) is 92.1 cm³/mol. The maximum Gasteiger partial charge on any atom is 0.416 e. The number of rotatable bonds is 5. The molecule has 2 heterocycles. The lowest BCUT2D eigenvalue weighted by molar-refractivity contribution is -0.137. The third kappa shape index (κ3) is 4.06. The molecule has 0 amide bonds. The highest BCUT2D eigenvalue weighted by atomic mass is 19.4. The van der Waals surface area contributed by atoms with E-state index in [-0.39, 0.29) is 0 Å². The van der Waals surface area contributed by atoms with Gasteiger partial charge >= 0.3 is 6.18 Å². The summed E-state index contributed by atoms with van der Waals surface area (Å²) in [6.45, 7) is 1.33. The van der Waals surface area contributed by atoms with Gasteiger partial charge in [-0.15, -0.1) is 0 Å². The molecule has 4 nitrogen and oxygen atoms in total. The Balaban J connectivity index is 1.89. The van der Waals surface area contributed by atoms with E-state index in [1.54, 1.807) is 12.3 Å². The van der Waals surface area contributed by atoms with E-state index in [0.29, 0.717) is 17.8 Å². The van der Waals surface area contributed by atoms with Crippen LogP contribution in [0.25, 0.3) is 22.2 Å². The van der Waals surface area contributed by atoms with E-state index in [2.05, 4.69) is 15.3 Å². The molecule has 0 aliphatic carbocycles. The lowest BCUT2D eigenvalue weighted by Crippen LogP contribution is -2.09. The van der Waals surface area contributed by atoms with Crippen molar-refractivity contribution in [3.63, 3.8) is 0 Å². The Morgan fingerprint density at radius 3 is 2.48 bits per heavy atom. The zero-order valence-electron chi connectivity index (χ0n) is 13.3. The summed E-state index contributed by atoms with van der Waals surface area (Å²) >= 11 is 0. The molecule has 130 valence electrons. The van der Waals surface area contributed by atoms with Gasteiger partial charge in [-0.2, -0.15) is 13.2 Å². The van der Waals surface area contributed by atoms with Crippen LogP contribution in [0.5, 0.6) is 0 Å². The minimum absolute atomic E-state index is 0.577. The Hall–Kier alpha value is -2.67. The molecular formula is C18H17F3N4. The molecule has 0 aliphatic heterocycles. The predicted octanol–water partition coefficient (Wildman–Crippen LogP) is 4.08. The summed E-state index contributed by atoms with van der Waals surface area (Å²) in [7, 11) is 0. The van der Waals surface area contributed by atoms with E-state index < -0.39 is 11.7 Å². The molecule has 1 aromatic carbocycles. The van der Waals surface area contributed by atoms with Crippen molar-refractivity contribution >= 4 is 16.7 Å². The SMILES string of the molecule is NCCCNc1ccc2cnc(-c3ccc(C(F)(F)F)cc3)cc2n1. The number of hydrogen-bond donors (Lipinski definition) is 2. The monoisotopic (exact) mass is 346 g/mol. The maximum absolute atomic E-state index is 12.7. The van der Waals surface area contributed by atoms with Crippen molar-refractivity contribution in [1.82, 2.24) is 9.97 Å². The molecule has 3 aromatic rings. The summed E-state index contributed by atoms with van der Waals surface area (Å²) in [6.07, 6.45) is -1.84. The minimum Gasteiger partial charge on any atom is -0.370 e. The van der Waals surface area contributed by atoms with E-state index in [9.17, 15) is 13.2 Å². The highest BCUT2D eigenvalue weighted by molar-refractivity contribution is 5.83. The molecule has 3 rings (SSSR count). The smallest absolute Gasteiger partial charge is 0.370 e. The molecule has 0 fully saturated rings. The summed E-state index contributed by atoms with van der Waals surface area (Å²) in [4.78, 5) is 8.83. The zero-order chi connectivity index (χ0) is 17.9. The maximum atomic E-state index is 12.7. The van der Waals surface area contributed by atoms with Crippen molar-refractivity contribution in [1.29, 1.82) is 0 Å². The van der Waals surface area contributed by atoms with Crippen LogP contribution < -0.4 is 11.1 Å². The first-order chi connectivity index (χ1) is 12.0. The van der Waals surface area contributed by atoms with E-state index in [0.717, 1.165) is 41.8 Å². The van der Waals surface area contributed by atoms with Gasteiger partial charge in [-0.25, -0.2) is 4.98 Å². The second-order valence-corrected chi connectivity index (χ2v) is 5.60. The van der Waals surface area contributed by atoms with Crippen LogP contribution in [0.15, 0.2) is 48.7 Å². The number of aromatic nitrogens is 2. The summed E-state index contributed by atoms with van der Waals surface area (Å²) in [5.74, 6) is 0.727. The van der Waals surface area contributed by atoms with Gasteiger partial charge in [-0.1, -0.05) is 12.1 Å². The summed E-state index contributed by atoms with van der Waals surface area (Å²) in [6, 6.07) is 10.5. The van der Waals surface area contributed by atoms with Gasteiger partial charge in [0.15, 0.2) is 0 Å². The number of nitrogens with zero attached hydrogens (tertiary/aromatic N) is 2. The van der Waals surface area contributed by atoms with Crippen LogP contribution in [0.2, 0.25) is 0 Å².